The van der Waals surface area contributed by atoms with Crippen molar-refractivity contribution in [2.45, 2.75) is 94.2 Å². The van der Waals surface area contributed by atoms with Gasteiger partial charge in [0.25, 0.3) is 5.91 Å². The molecule has 3 heterocycles. The second-order valence-electron chi connectivity index (χ2n) is 14.6. The number of nitrogens with one attached hydrogen (secondary N) is 3. The lowest BCUT2D eigenvalue weighted by atomic mass is 9.88. The van der Waals surface area contributed by atoms with Crippen LogP contribution in [-0.4, -0.2) is 89.4 Å². The fourth-order valence-corrected chi connectivity index (χ4v) is 8.62. The Morgan fingerprint density at radius 3 is 2.58 bits per heavy atom. The van der Waals surface area contributed by atoms with Gasteiger partial charge in [0.05, 0.1) is 18.4 Å². The maximum absolute atomic E-state index is 14.3. The number of hydrogen-bond donors (Lipinski definition) is 4. The van der Waals surface area contributed by atoms with Gasteiger partial charge in [-0.2, -0.15) is 0 Å². The Balaban J connectivity index is 1.34. The maximum Gasteiger partial charge on any atom is 0.405 e. The van der Waals surface area contributed by atoms with E-state index in [1.807, 2.05) is 38.1 Å². The highest BCUT2D eigenvalue weighted by Crippen LogP contribution is 2.47. The molecular formula is C35H45N5O9S. The van der Waals surface area contributed by atoms with E-state index in [9.17, 15) is 32.7 Å². The quantitative estimate of drug-likeness (QED) is 0.310. The molecule has 2 aromatic rings. The minimum Gasteiger partial charge on any atom is -0.496 e. The zero-order valence-electron chi connectivity index (χ0n) is 28.7. The summed E-state index contributed by atoms with van der Waals surface area (Å²) >= 11 is 0. The fourth-order valence-electron chi connectivity index (χ4n) is 7.31. The highest BCUT2D eigenvalue weighted by Gasteiger charge is 2.63. The van der Waals surface area contributed by atoms with Crippen LogP contribution in [0.25, 0.3) is 10.8 Å². The number of hydrogen-bond acceptors (Lipinski definition) is 9. The van der Waals surface area contributed by atoms with Crippen molar-refractivity contribution in [3.63, 3.8) is 0 Å². The number of aromatic nitrogens is 1. The van der Waals surface area contributed by atoms with Crippen LogP contribution in [0.5, 0.6) is 11.6 Å². The summed E-state index contributed by atoms with van der Waals surface area (Å²) in [6.45, 7) is 5.36. The van der Waals surface area contributed by atoms with Gasteiger partial charge in [-0.3, -0.25) is 19.1 Å². The molecule has 0 unspecified atom stereocenters. The second kappa shape index (κ2) is 13.4. The number of carbonyl (C=O) groups is 4. The molecule has 2 aliphatic carbocycles. The van der Waals surface area contributed by atoms with E-state index in [1.54, 1.807) is 32.4 Å². The van der Waals surface area contributed by atoms with E-state index in [0.717, 1.165) is 11.8 Å². The number of fused-ring (bicyclic) bond motifs is 3. The third kappa shape index (κ3) is 6.83. The van der Waals surface area contributed by atoms with E-state index in [4.69, 9.17) is 9.47 Å². The van der Waals surface area contributed by atoms with Crippen LogP contribution in [-0.2, 0) is 24.4 Å². The molecule has 0 radical (unpaired) electrons. The van der Waals surface area contributed by atoms with E-state index in [0.29, 0.717) is 36.8 Å². The van der Waals surface area contributed by atoms with Crippen molar-refractivity contribution in [1.82, 2.24) is 25.2 Å². The third-order valence-electron chi connectivity index (χ3n) is 10.8. The number of pyridine rings is 1. The van der Waals surface area contributed by atoms with Crippen LogP contribution in [0.15, 0.2) is 42.6 Å². The predicted molar refractivity (Wildman–Crippen MR) is 183 cm³/mol. The number of benzene rings is 1. The van der Waals surface area contributed by atoms with Crippen molar-refractivity contribution in [1.29, 1.82) is 0 Å². The number of carboxylic acid groups (broad SMARTS) is 1. The van der Waals surface area contributed by atoms with Gasteiger partial charge in [-0.05, 0) is 75.5 Å². The van der Waals surface area contributed by atoms with Crippen LogP contribution in [0.4, 0.5) is 4.79 Å². The minimum absolute atomic E-state index is 0.0127. The molecule has 1 aromatic carbocycles. The van der Waals surface area contributed by atoms with E-state index in [-0.39, 0.29) is 31.2 Å². The normalized spacial score (nSPS) is 31.6. The molecule has 4 N–H and O–H groups in total. The summed E-state index contributed by atoms with van der Waals surface area (Å²) in [7, 11) is -2.44. The van der Waals surface area contributed by atoms with Crippen LogP contribution in [0, 0.1) is 17.8 Å². The van der Waals surface area contributed by atoms with E-state index >= 15 is 0 Å². The lowest BCUT2D eigenvalue weighted by Crippen LogP contribution is -2.59. The Morgan fingerprint density at radius 2 is 1.88 bits per heavy atom. The summed E-state index contributed by atoms with van der Waals surface area (Å²) in [6, 6.07) is 4.90. The average molecular weight is 712 g/mol. The first-order valence-electron chi connectivity index (χ1n) is 17.1. The molecule has 3 fully saturated rings. The van der Waals surface area contributed by atoms with Crippen molar-refractivity contribution in [2.24, 2.45) is 17.8 Å². The number of carbonyl (C=O) groups excluding carboxylic acids is 3. The molecule has 270 valence electrons. The molecule has 14 nitrogen and oxygen atoms in total. The predicted octanol–water partition coefficient (Wildman–Crippen LogP) is 3.11. The number of methoxy groups -OCH3 is 1. The minimum atomic E-state index is -3.99. The molecule has 4 aliphatic rings. The summed E-state index contributed by atoms with van der Waals surface area (Å²) in [5.74, 6) is -1.92. The van der Waals surface area contributed by atoms with Gasteiger partial charge in [0.2, 0.25) is 27.7 Å². The van der Waals surface area contributed by atoms with Gasteiger partial charge in [-0.1, -0.05) is 32.1 Å². The molecule has 1 aromatic heterocycles. The van der Waals surface area contributed by atoms with E-state index < -0.39 is 74.1 Å². The van der Waals surface area contributed by atoms with Crippen molar-refractivity contribution in [3.05, 3.63) is 42.6 Å². The van der Waals surface area contributed by atoms with Crippen molar-refractivity contribution < 1.29 is 42.2 Å². The highest BCUT2D eigenvalue weighted by atomic mass is 32.2. The second-order valence-corrected chi connectivity index (χ2v) is 16.8. The summed E-state index contributed by atoms with van der Waals surface area (Å²) in [4.78, 5) is 60.0. The van der Waals surface area contributed by atoms with Crippen LogP contribution >= 0.6 is 0 Å². The Morgan fingerprint density at radius 1 is 1.12 bits per heavy atom. The first kappa shape index (κ1) is 35.4. The summed E-state index contributed by atoms with van der Waals surface area (Å²) in [5, 5.41) is 16.4. The van der Waals surface area contributed by atoms with Gasteiger partial charge in [-0.25, -0.2) is 18.2 Å². The molecule has 50 heavy (non-hydrogen) atoms. The monoisotopic (exact) mass is 711 g/mol. The number of nitrogens with zero attached hydrogens (tertiary/aromatic N) is 2. The molecule has 4 amide bonds. The van der Waals surface area contributed by atoms with Gasteiger partial charge in [0.15, 0.2) is 0 Å². The Hall–Kier alpha value is -4.40. The molecule has 2 saturated carbocycles. The standard InChI is InChI=1S/C35H45N5O9S/c1-20-8-5-6-9-22-18-35(22,32(43)39-50(46,47)34(3)13-14-34)38-29(41)26-17-23(19-40(26)31(42)28(21(2)16-20)37-33(44)45)49-30-25-10-7-11-27(48-4)24(25)12-15-36-30/h6-7,9-12,15,20-23,26,28,37H,5,8,13-14,16-19H2,1-4H3,(H,38,41)(H,39,43)(H,44,45)/b9-6-/t20-,21+,22+,23+,26-,28-,35+/m0/s1. The SMILES string of the molecule is COc1cccc2c(O[C@@H]3C[C@H]4C(=O)N[C@]5(C(=O)NS(=O)(=O)C6(C)CC6)C[C@H]5/C=C\CC[C@H](C)C[C@@H](C)[C@H](NC(=O)O)C(=O)N4C3)nccc12. The van der Waals surface area contributed by atoms with Crippen LogP contribution in [0.2, 0.25) is 0 Å². The summed E-state index contributed by atoms with van der Waals surface area (Å²) in [6.07, 6.45) is 6.25. The van der Waals surface area contributed by atoms with Gasteiger partial charge in [0, 0.05) is 29.3 Å². The lowest BCUT2D eigenvalue weighted by Gasteiger charge is -2.32. The number of rotatable bonds is 7. The molecule has 15 heteroatoms. The third-order valence-corrected chi connectivity index (χ3v) is 12.9. The number of ether oxygens (including phenoxy) is 2. The molecule has 6 rings (SSSR count). The van der Waals surface area contributed by atoms with Gasteiger partial charge in [-0.15, -0.1) is 0 Å². The van der Waals surface area contributed by atoms with Gasteiger partial charge < -0.3 is 30.1 Å². The fraction of sp³-hybridized carbons (Fsp3) is 0.571. The highest BCUT2D eigenvalue weighted by molar-refractivity contribution is 7.91. The zero-order valence-corrected chi connectivity index (χ0v) is 29.5. The van der Waals surface area contributed by atoms with Crippen molar-refractivity contribution in [2.75, 3.05) is 13.7 Å². The molecule has 1 saturated heterocycles. The van der Waals surface area contributed by atoms with E-state index in [2.05, 4.69) is 20.3 Å². The smallest absolute Gasteiger partial charge is 0.405 e. The lowest BCUT2D eigenvalue weighted by molar-refractivity contribution is -0.142. The largest absolute Gasteiger partial charge is 0.496 e. The topological polar surface area (TPSA) is 193 Å². The van der Waals surface area contributed by atoms with Gasteiger partial charge >= 0.3 is 6.09 Å². The molecular weight excluding hydrogens is 666 g/mol. The number of allylic oxidation sites excluding steroid dienone is 1. The molecule has 7 atom stereocenters. The Kier molecular flexibility index (Phi) is 9.48. The Bertz CT molecular complexity index is 1830. The van der Waals surface area contributed by atoms with Gasteiger partial charge in [0.1, 0.15) is 29.5 Å². The van der Waals surface area contributed by atoms with Crippen LogP contribution in [0.1, 0.15) is 65.7 Å². The average Bonchev–Trinajstić information content (AvgIpc) is 3.95. The maximum atomic E-state index is 14.3. The molecule has 0 spiro atoms. The van der Waals surface area contributed by atoms with E-state index in [1.165, 1.54) is 4.90 Å². The van der Waals surface area contributed by atoms with Crippen molar-refractivity contribution in [3.8, 4) is 11.6 Å². The zero-order chi connectivity index (χ0) is 36.0. The number of amides is 4. The Labute approximate surface area is 291 Å². The summed E-state index contributed by atoms with van der Waals surface area (Å²) in [5.41, 5.74) is -1.54. The molecule has 2 aliphatic heterocycles. The number of sulfonamides is 1. The molecule has 0 bridgehead atoms. The first-order chi connectivity index (χ1) is 23.7. The van der Waals surface area contributed by atoms with Crippen LogP contribution in [0.3, 0.4) is 0 Å². The summed E-state index contributed by atoms with van der Waals surface area (Å²) < 4.78 is 39.2. The first-order valence-corrected chi connectivity index (χ1v) is 18.6. The van der Waals surface area contributed by atoms with Crippen molar-refractivity contribution >= 4 is 44.6 Å². The van der Waals surface area contributed by atoms with Crippen LogP contribution < -0.4 is 24.8 Å².